The predicted octanol–water partition coefficient (Wildman–Crippen LogP) is 4.38. The summed E-state index contributed by atoms with van der Waals surface area (Å²) in [5.74, 6) is 2.00. The Morgan fingerprint density at radius 2 is 2.10 bits per heavy atom. The van der Waals surface area contributed by atoms with Gasteiger partial charge in [0, 0.05) is 17.5 Å². The summed E-state index contributed by atoms with van der Waals surface area (Å²) in [6, 6.07) is 10.9. The topological polar surface area (TPSA) is 28.2 Å². The number of nitrogens with one attached hydrogen (secondary N) is 1. The molecule has 0 radical (unpaired) electrons. The lowest BCUT2D eigenvalue weighted by Crippen LogP contribution is -2.30. The maximum absolute atomic E-state index is 4.73. The Labute approximate surface area is 125 Å². The molecule has 0 amide bonds. The van der Waals surface area contributed by atoms with Crippen LogP contribution in [0.15, 0.2) is 35.7 Å². The lowest BCUT2D eigenvalue weighted by atomic mass is 10.3. The van der Waals surface area contributed by atoms with Gasteiger partial charge in [0.15, 0.2) is 0 Å². The first kappa shape index (κ1) is 14.9. The van der Waals surface area contributed by atoms with Crippen molar-refractivity contribution in [1.82, 2.24) is 4.98 Å². The van der Waals surface area contributed by atoms with E-state index in [9.17, 15) is 0 Å². The Balaban J connectivity index is 2.16. The molecule has 1 N–H and O–H groups in total. The number of hydrogen-bond donors (Lipinski definition) is 1. The highest BCUT2D eigenvalue weighted by atomic mass is 32.1. The van der Waals surface area contributed by atoms with Crippen LogP contribution >= 0.6 is 11.3 Å². The second-order valence-corrected chi connectivity index (χ2v) is 6.14. The van der Waals surface area contributed by atoms with Crippen LogP contribution in [0.1, 0.15) is 32.1 Å². The maximum Gasteiger partial charge on any atom is 0.131 e. The Bertz CT molecular complexity index is 508. The molecule has 3 nitrogen and oxygen atoms in total. The van der Waals surface area contributed by atoms with E-state index >= 15 is 0 Å². The zero-order chi connectivity index (χ0) is 14.4. The molecular weight excluding hydrogens is 266 g/mol. The number of thiophene rings is 1. The van der Waals surface area contributed by atoms with Gasteiger partial charge in [0.25, 0.3) is 0 Å². The zero-order valence-electron chi connectivity index (χ0n) is 12.5. The number of rotatable bonds is 7. The second-order valence-electron chi connectivity index (χ2n) is 5.11. The molecule has 0 aliphatic heterocycles. The first-order valence-corrected chi connectivity index (χ1v) is 8.08. The minimum absolute atomic E-state index is 0.422. The Kier molecular flexibility index (Phi) is 5.41. The molecule has 0 fully saturated rings. The van der Waals surface area contributed by atoms with Crippen molar-refractivity contribution in [1.29, 1.82) is 0 Å². The van der Waals surface area contributed by atoms with Crippen LogP contribution in [-0.2, 0) is 6.54 Å². The molecule has 0 spiro atoms. The third-order valence-corrected chi connectivity index (χ3v) is 3.98. The second kappa shape index (κ2) is 7.29. The van der Waals surface area contributed by atoms with Crippen LogP contribution in [0.25, 0.3) is 0 Å². The molecule has 2 aromatic rings. The van der Waals surface area contributed by atoms with Gasteiger partial charge in [0.05, 0.1) is 6.54 Å². The minimum Gasteiger partial charge on any atom is -0.370 e. The van der Waals surface area contributed by atoms with Gasteiger partial charge in [-0.3, -0.25) is 0 Å². The average molecular weight is 289 g/mol. The third kappa shape index (κ3) is 3.97. The van der Waals surface area contributed by atoms with Crippen molar-refractivity contribution < 1.29 is 0 Å². The van der Waals surface area contributed by atoms with Gasteiger partial charge in [-0.2, -0.15) is 0 Å². The summed E-state index contributed by atoms with van der Waals surface area (Å²) in [6.07, 6.45) is 1.11. The predicted molar refractivity (Wildman–Crippen MR) is 88.7 cm³/mol. The van der Waals surface area contributed by atoms with Crippen molar-refractivity contribution in [3.63, 3.8) is 0 Å². The summed E-state index contributed by atoms with van der Waals surface area (Å²) < 4.78 is 0. The van der Waals surface area contributed by atoms with Gasteiger partial charge >= 0.3 is 0 Å². The van der Waals surface area contributed by atoms with Crippen LogP contribution in [0.5, 0.6) is 0 Å². The molecule has 4 heteroatoms. The molecule has 0 saturated heterocycles. The van der Waals surface area contributed by atoms with Crippen LogP contribution in [0.2, 0.25) is 0 Å². The van der Waals surface area contributed by atoms with E-state index in [0.717, 1.165) is 31.1 Å². The van der Waals surface area contributed by atoms with E-state index in [-0.39, 0.29) is 0 Å². The van der Waals surface area contributed by atoms with E-state index in [2.05, 4.69) is 60.6 Å². The molecule has 108 valence electrons. The number of anilines is 2. The Morgan fingerprint density at radius 1 is 1.25 bits per heavy atom. The van der Waals surface area contributed by atoms with Gasteiger partial charge in [-0.05, 0) is 43.8 Å². The van der Waals surface area contributed by atoms with Crippen LogP contribution in [0.4, 0.5) is 11.6 Å². The molecule has 2 rings (SSSR count). The maximum atomic E-state index is 4.73. The van der Waals surface area contributed by atoms with Gasteiger partial charge in [-0.1, -0.05) is 19.1 Å². The van der Waals surface area contributed by atoms with Crippen LogP contribution in [-0.4, -0.2) is 17.6 Å². The number of pyridine rings is 1. The fourth-order valence-corrected chi connectivity index (χ4v) is 2.74. The van der Waals surface area contributed by atoms with E-state index < -0.39 is 0 Å². The van der Waals surface area contributed by atoms with Gasteiger partial charge < -0.3 is 10.2 Å². The summed E-state index contributed by atoms with van der Waals surface area (Å²) in [5, 5.41) is 5.48. The standard InChI is InChI=1S/C16H23N3S/c1-4-10-17-15-8-5-9-16(18-15)19(13(2)3)12-14-7-6-11-20-14/h5-9,11,13H,4,10,12H2,1-3H3,(H,17,18). The molecule has 0 bridgehead atoms. The van der Waals surface area contributed by atoms with Gasteiger partial charge in [-0.15, -0.1) is 11.3 Å². The summed E-state index contributed by atoms with van der Waals surface area (Å²) in [6.45, 7) is 8.46. The highest BCUT2D eigenvalue weighted by Gasteiger charge is 2.13. The van der Waals surface area contributed by atoms with Crippen molar-refractivity contribution in [2.45, 2.75) is 39.8 Å². The molecule has 2 aromatic heterocycles. The smallest absolute Gasteiger partial charge is 0.131 e. The molecule has 20 heavy (non-hydrogen) atoms. The fourth-order valence-electron chi connectivity index (χ4n) is 2.03. The largest absolute Gasteiger partial charge is 0.370 e. The average Bonchev–Trinajstić information content (AvgIpc) is 2.95. The molecule has 0 aliphatic carbocycles. The first-order valence-electron chi connectivity index (χ1n) is 7.20. The van der Waals surface area contributed by atoms with E-state index in [4.69, 9.17) is 4.98 Å². The molecule has 0 saturated carbocycles. The van der Waals surface area contributed by atoms with Gasteiger partial charge in [-0.25, -0.2) is 4.98 Å². The number of nitrogens with zero attached hydrogens (tertiary/aromatic N) is 2. The molecular formula is C16H23N3S. The third-order valence-electron chi connectivity index (χ3n) is 3.11. The summed E-state index contributed by atoms with van der Waals surface area (Å²) in [4.78, 5) is 8.44. The highest BCUT2D eigenvalue weighted by Crippen LogP contribution is 2.21. The van der Waals surface area contributed by atoms with Crippen molar-refractivity contribution in [3.05, 3.63) is 40.6 Å². The molecule has 0 atom stereocenters. The quantitative estimate of drug-likeness (QED) is 0.820. The van der Waals surface area contributed by atoms with Crippen LogP contribution in [0, 0.1) is 0 Å². The van der Waals surface area contributed by atoms with Crippen molar-refractivity contribution in [2.75, 3.05) is 16.8 Å². The Hall–Kier alpha value is -1.55. The summed E-state index contributed by atoms with van der Waals surface area (Å²) >= 11 is 1.80. The number of hydrogen-bond acceptors (Lipinski definition) is 4. The monoisotopic (exact) mass is 289 g/mol. The van der Waals surface area contributed by atoms with E-state index in [1.807, 2.05) is 6.07 Å². The van der Waals surface area contributed by atoms with Crippen molar-refractivity contribution >= 4 is 23.0 Å². The summed E-state index contributed by atoms with van der Waals surface area (Å²) in [7, 11) is 0. The zero-order valence-corrected chi connectivity index (χ0v) is 13.3. The SMILES string of the molecule is CCCNc1cccc(N(Cc2cccs2)C(C)C)n1. The number of aromatic nitrogens is 1. The van der Waals surface area contributed by atoms with Crippen molar-refractivity contribution in [3.8, 4) is 0 Å². The van der Waals surface area contributed by atoms with Crippen LogP contribution in [0.3, 0.4) is 0 Å². The Morgan fingerprint density at radius 3 is 2.75 bits per heavy atom. The highest BCUT2D eigenvalue weighted by molar-refractivity contribution is 7.09. The molecule has 0 aliphatic rings. The molecule has 0 unspecified atom stereocenters. The molecule has 0 aromatic carbocycles. The van der Waals surface area contributed by atoms with E-state index in [0.29, 0.717) is 6.04 Å². The first-order chi connectivity index (χ1) is 9.70. The summed E-state index contributed by atoms with van der Waals surface area (Å²) in [5.41, 5.74) is 0. The van der Waals surface area contributed by atoms with Crippen LogP contribution < -0.4 is 10.2 Å². The van der Waals surface area contributed by atoms with Gasteiger partial charge in [0.1, 0.15) is 11.6 Å². The van der Waals surface area contributed by atoms with Gasteiger partial charge in [0.2, 0.25) is 0 Å². The fraction of sp³-hybridized carbons (Fsp3) is 0.438. The lowest BCUT2D eigenvalue weighted by molar-refractivity contribution is 0.677. The van der Waals surface area contributed by atoms with E-state index in [1.165, 1.54) is 4.88 Å². The van der Waals surface area contributed by atoms with Crippen molar-refractivity contribution in [2.24, 2.45) is 0 Å². The molecule has 2 heterocycles. The minimum atomic E-state index is 0.422. The normalized spacial score (nSPS) is 10.8. The van der Waals surface area contributed by atoms with E-state index in [1.54, 1.807) is 11.3 Å². The lowest BCUT2D eigenvalue weighted by Gasteiger charge is -2.27.